The standard InChI is InChI=1S/C10H7ClFNO/c1-5-9(14)8-6(12)3-2-4-7(8)13-10(5)11/h2-4H,1H3,(H,13,14). The lowest BCUT2D eigenvalue weighted by Crippen LogP contribution is -2.09. The van der Waals surface area contributed by atoms with Crippen LogP contribution in [-0.2, 0) is 0 Å². The molecule has 0 bridgehead atoms. The highest BCUT2D eigenvalue weighted by Crippen LogP contribution is 2.16. The lowest BCUT2D eigenvalue weighted by atomic mass is 10.1. The highest BCUT2D eigenvalue weighted by molar-refractivity contribution is 6.30. The van der Waals surface area contributed by atoms with E-state index in [1.807, 2.05) is 0 Å². The zero-order chi connectivity index (χ0) is 10.3. The summed E-state index contributed by atoms with van der Waals surface area (Å²) in [5, 5.41) is 0.322. The van der Waals surface area contributed by atoms with Crippen molar-refractivity contribution in [3.8, 4) is 0 Å². The molecule has 0 aliphatic rings. The van der Waals surface area contributed by atoms with Gasteiger partial charge in [0.1, 0.15) is 11.0 Å². The molecule has 0 aliphatic carbocycles. The number of aromatic amines is 1. The van der Waals surface area contributed by atoms with Gasteiger partial charge in [-0.2, -0.15) is 0 Å². The normalized spacial score (nSPS) is 10.8. The first-order chi connectivity index (χ1) is 6.61. The summed E-state index contributed by atoms with van der Waals surface area (Å²) in [7, 11) is 0. The Morgan fingerprint density at radius 2 is 2.14 bits per heavy atom. The summed E-state index contributed by atoms with van der Waals surface area (Å²) in [6.07, 6.45) is 0. The molecule has 2 rings (SSSR count). The van der Waals surface area contributed by atoms with E-state index in [9.17, 15) is 9.18 Å². The van der Waals surface area contributed by atoms with Crippen LogP contribution in [0.1, 0.15) is 5.56 Å². The molecular weight excluding hydrogens is 205 g/mol. The molecular formula is C10H7ClFNO. The van der Waals surface area contributed by atoms with E-state index in [2.05, 4.69) is 4.98 Å². The molecule has 0 spiro atoms. The molecule has 1 aromatic heterocycles. The molecule has 0 atom stereocenters. The third kappa shape index (κ3) is 1.21. The number of benzene rings is 1. The number of halogens is 2. The van der Waals surface area contributed by atoms with E-state index in [0.29, 0.717) is 11.1 Å². The SMILES string of the molecule is Cc1c(Cl)[nH]c2cccc(F)c2c1=O. The van der Waals surface area contributed by atoms with Crippen LogP contribution in [0.4, 0.5) is 4.39 Å². The van der Waals surface area contributed by atoms with E-state index in [4.69, 9.17) is 11.6 Å². The summed E-state index contributed by atoms with van der Waals surface area (Å²) in [5.74, 6) is -0.525. The van der Waals surface area contributed by atoms with Gasteiger partial charge in [0, 0.05) is 5.56 Å². The van der Waals surface area contributed by atoms with Gasteiger partial charge in [-0.05, 0) is 19.1 Å². The number of hydrogen-bond donors (Lipinski definition) is 1. The van der Waals surface area contributed by atoms with Crippen LogP contribution in [0.3, 0.4) is 0 Å². The molecule has 0 amide bonds. The highest BCUT2D eigenvalue weighted by Gasteiger charge is 2.09. The Morgan fingerprint density at radius 3 is 2.86 bits per heavy atom. The molecule has 72 valence electrons. The van der Waals surface area contributed by atoms with Gasteiger partial charge in [-0.1, -0.05) is 17.7 Å². The quantitative estimate of drug-likeness (QED) is 0.668. The van der Waals surface area contributed by atoms with Crippen LogP contribution in [0.15, 0.2) is 23.0 Å². The summed E-state index contributed by atoms with van der Waals surface area (Å²) in [6, 6.07) is 4.40. The molecule has 2 nitrogen and oxygen atoms in total. The van der Waals surface area contributed by atoms with Crippen molar-refractivity contribution in [2.75, 3.05) is 0 Å². The summed E-state index contributed by atoms with van der Waals surface area (Å²) >= 11 is 5.77. The Bertz CT molecular complexity index is 562. The molecule has 4 heteroatoms. The van der Waals surface area contributed by atoms with E-state index in [1.54, 1.807) is 13.0 Å². The maximum atomic E-state index is 13.3. The molecule has 0 radical (unpaired) electrons. The minimum Gasteiger partial charge on any atom is -0.345 e. The number of rotatable bonds is 0. The molecule has 0 saturated heterocycles. The van der Waals surface area contributed by atoms with Crippen molar-refractivity contribution >= 4 is 22.5 Å². The Kier molecular flexibility index (Phi) is 2.04. The number of nitrogens with one attached hydrogen (secondary N) is 1. The van der Waals surface area contributed by atoms with Crippen molar-refractivity contribution in [1.29, 1.82) is 0 Å². The lowest BCUT2D eigenvalue weighted by Gasteiger charge is -2.02. The van der Waals surface area contributed by atoms with Crippen LogP contribution in [0.5, 0.6) is 0 Å². The molecule has 1 aromatic carbocycles. The fraction of sp³-hybridized carbons (Fsp3) is 0.100. The summed E-state index contributed by atoms with van der Waals surface area (Å²) in [4.78, 5) is 14.4. The average Bonchev–Trinajstić information content (AvgIpc) is 2.14. The zero-order valence-corrected chi connectivity index (χ0v) is 8.15. The second kappa shape index (κ2) is 3.10. The van der Waals surface area contributed by atoms with Crippen molar-refractivity contribution in [3.05, 3.63) is 45.0 Å². The van der Waals surface area contributed by atoms with E-state index >= 15 is 0 Å². The topological polar surface area (TPSA) is 32.9 Å². The largest absolute Gasteiger partial charge is 0.345 e. The van der Waals surface area contributed by atoms with Crippen molar-refractivity contribution in [3.63, 3.8) is 0 Å². The van der Waals surface area contributed by atoms with Gasteiger partial charge in [0.15, 0.2) is 5.43 Å². The van der Waals surface area contributed by atoms with Gasteiger partial charge in [-0.15, -0.1) is 0 Å². The number of pyridine rings is 1. The van der Waals surface area contributed by atoms with Crippen LogP contribution in [-0.4, -0.2) is 4.98 Å². The van der Waals surface area contributed by atoms with Gasteiger partial charge < -0.3 is 4.98 Å². The minimum atomic E-state index is -0.525. The summed E-state index contributed by atoms with van der Waals surface area (Å²) < 4.78 is 13.3. The van der Waals surface area contributed by atoms with E-state index in [1.165, 1.54) is 12.1 Å². The monoisotopic (exact) mass is 211 g/mol. The summed E-state index contributed by atoms with van der Waals surface area (Å²) in [6.45, 7) is 1.56. The van der Waals surface area contributed by atoms with Crippen molar-refractivity contribution in [2.24, 2.45) is 0 Å². The Morgan fingerprint density at radius 1 is 1.43 bits per heavy atom. The van der Waals surface area contributed by atoms with Gasteiger partial charge in [0.05, 0.1) is 10.9 Å². The van der Waals surface area contributed by atoms with Crippen LogP contribution < -0.4 is 5.43 Å². The van der Waals surface area contributed by atoms with Crippen LogP contribution in [0.2, 0.25) is 5.15 Å². The molecule has 14 heavy (non-hydrogen) atoms. The van der Waals surface area contributed by atoms with E-state index in [-0.39, 0.29) is 16.0 Å². The third-order valence-corrected chi connectivity index (χ3v) is 2.53. The zero-order valence-electron chi connectivity index (χ0n) is 7.40. The number of fused-ring (bicyclic) bond motifs is 1. The Hall–Kier alpha value is -1.35. The predicted molar refractivity (Wildman–Crippen MR) is 54.3 cm³/mol. The Balaban J connectivity index is 3.07. The molecule has 1 N–H and O–H groups in total. The second-order valence-electron chi connectivity index (χ2n) is 3.06. The number of aromatic nitrogens is 1. The van der Waals surface area contributed by atoms with Gasteiger partial charge in [-0.25, -0.2) is 4.39 Å². The van der Waals surface area contributed by atoms with Gasteiger partial charge in [-0.3, -0.25) is 4.79 Å². The predicted octanol–water partition coefficient (Wildman–Crippen LogP) is 2.63. The van der Waals surface area contributed by atoms with Crippen molar-refractivity contribution in [1.82, 2.24) is 4.98 Å². The molecule has 0 saturated carbocycles. The van der Waals surface area contributed by atoms with Crippen molar-refractivity contribution < 1.29 is 4.39 Å². The molecule has 1 heterocycles. The summed E-state index contributed by atoms with van der Waals surface area (Å²) in [5.41, 5.74) is 0.400. The molecule has 2 aromatic rings. The lowest BCUT2D eigenvalue weighted by molar-refractivity contribution is 0.639. The minimum absolute atomic E-state index is 0.0643. The molecule has 0 unspecified atom stereocenters. The second-order valence-corrected chi connectivity index (χ2v) is 3.43. The van der Waals surface area contributed by atoms with Crippen LogP contribution >= 0.6 is 11.6 Å². The van der Waals surface area contributed by atoms with Gasteiger partial charge in [0.2, 0.25) is 0 Å². The third-order valence-electron chi connectivity index (χ3n) is 2.15. The van der Waals surface area contributed by atoms with E-state index < -0.39 is 5.82 Å². The maximum Gasteiger partial charge on any atom is 0.196 e. The number of hydrogen-bond acceptors (Lipinski definition) is 1. The first kappa shape index (κ1) is 9.21. The Labute approximate surface area is 84.3 Å². The average molecular weight is 212 g/mol. The molecule has 0 fully saturated rings. The van der Waals surface area contributed by atoms with Gasteiger partial charge >= 0.3 is 0 Å². The van der Waals surface area contributed by atoms with Crippen molar-refractivity contribution in [2.45, 2.75) is 6.92 Å². The maximum absolute atomic E-state index is 13.3. The fourth-order valence-electron chi connectivity index (χ4n) is 1.36. The van der Waals surface area contributed by atoms with Crippen LogP contribution in [0, 0.1) is 12.7 Å². The fourth-order valence-corrected chi connectivity index (χ4v) is 1.55. The van der Waals surface area contributed by atoms with Crippen LogP contribution in [0.25, 0.3) is 10.9 Å². The van der Waals surface area contributed by atoms with E-state index in [0.717, 1.165) is 0 Å². The first-order valence-corrected chi connectivity index (χ1v) is 4.45. The highest BCUT2D eigenvalue weighted by atomic mass is 35.5. The molecule has 0 aliphatic heterocycles. The van der Waals surface area contributed by atoms with Gasteiger partial charge in [0.25, 0.3) is 0 Å². The first-order valence-electron chi connectivity index (χ1n) is 4.08. The smallest absolute Gasteiger partial charge is 0.196 e. The number of H-pyrrole nitrogens is 1.